The third kappa shape index (κ3) is 4.48. The van der Waals surface area contributed by atoms with Gasteiger partial charge in [-0.25, -0.2) is 9.97 Å². The van der Waals surface area contributed by atoms with E-state index in [9.17, 15) is 4.79 Å². The van der Waals surface area contributed by atoms with Crippen LogP contribution >= 0.6 is 0 Å². The highest BCUT2D eigenvalue weighted by Gasteiger charge is 2.25. The lowest BCUT2D eigenvalue weighted by molar-refractivity contribution is 0.0965. The zero-order chi connectivity index (χ0) is 19.4. The summed E-state index contributed by atoms with van der Waals surface area (Å²) in [5.74, 6) is 2.47. The summed E-state index contributed by atoms with van der Waals surface area (Å²) in [6.45, 7) is 7.07. The van der Waals surface area contributed by atoms with Crippen molar-refractivity contribution in [2.24, 2.45) is 5.92 Å². The van der Waals surface area contributed by atoms with Gasteiger partial charge in [-0.1, -0.05) is 6.92 Å². The first-order chi connectivity index (χ1) is 13.0. The van der Waals surface area contributed by atoms with Crippen LogP contribution in [-0.2, 0) is 6.54 Å². The van der Waals surface area contributed by atoms with E-state index >= 15 is 0 Å². The first-order valence-corrected chi connectivity index (χ1v) is 9.20. The van der Waals surface area contributed by atoms with Gasteiger partial charge >= 0.3 is 0 Å². The van der Waals surface area contributed by atoms with Gasteiger partial charge in [0, 0.05) is 19.2 Å². The number of fused-ring (bicyclic) bond motifs is 1. The third-order valence-electron chi connectivity index (χ3n) is 4.81. The van der Waals surface area contributed by atoms with Gasteiger partial charge in [-0.05, 0) is 43.4 Å². The summed E-state index contributed by atoms with van der Waals surface area (Å²) in [4.78, 5) is 22.4. The van der Waals surface area contributed by atoms with E-state index in [4.69, 9.17) is 14.8 Å². The topological polar surface area (TPSA) is 87.6 Å². The second kappa shape index (κ2) is 8.24. The average Bonchev–Trinajstić information content (AvgIpc) is 3.02. The molecule has 0 aliphatic carbocycles. The molecule has 0 saturated carbocycles. The molecule has 2 aliphatic rings. The van der Waals surface area contributed by atoms with E-state index in [1.165, 1.54) is 32.2 Å². The average molecular weight is 370 g/mol. The summed E-state index contributed by atoms with van der Waals surface area (Å²) < 4.78 is 4.75. The van der Waals surface area contributed by atoms with E-state index in [-0.39, 0.29) is 11.7 Å². The second-order valence-corrected chi connectivity index (χ2v) is 7.06. The van der Waals surface area contributed by atoms with Gasteiger partial charge in [0.15, 0.2) is 0 Å². The number of ether oxygens (including phenoxy) is 1. The molecule has 0 bridgehead atoms. The molecule has 7 heteroatoms. The predicted molar refractivity (Wildman–Crippen MR) is 103 cm³/mol. The Morgan fingerprint density at radius 3 is 2.85 bits per heavy atom. The van der Waals surface area contributed by atoms with Crippen molar-refractivity contribution in [3.8, 4) is 11.6 Å². The van der Waals surface area contributed by atoms with E-state index in [0.29, 0.717) is 12.4 Å². The number of nitrogens with one attached hydrogen (secondary N) is 1. The van der Waals surface area contributed by atoms with Crippen LogP contribution in [0, 0.1) is 12.8 Å². The summed E-state index contributed by atoms with van der Waals surface area (Å²) in [5, 5.41) is 11.6. The van der Waals surface area contributed by atoms with Crippen molar-refractivity contribution in [1.82, 2.24) is 15.3 Å². The normalized spacial score (nSPS) is 18.3. The van der Waals surface area contributed by atoms with Crippen molar-refractivity contribution < 1.29 is 14.6 Å². The van der Waals surface area contributed by atoms with Crippen LogP contribution in [0.5, 0.6) is 11.6 Å². The van der Waals surface area contributed by atoms with E-state index < -0.39 is 0 Å². The van der Waals surface area contributed by atoms with Crippen molar-refractivity contribution in [2.75, 3.05) is 25.1 Å². The Labute approximate surface area is 159 Å². The van der Waals surface area contributed by atoms with Crippen molar-refractivity contribution >= 4 is 11.7 Å². The number of amides is 1. The fourth-order valence-corrected chi connectivity index (χ4v) is 3.43. The molecule has 1 amide bonds. The number of piperidine rings is 1. The minimum Gasteiger partial charge on any atom is -0.506 e. The number of carbonyl (C=O) groups excluding carboxylic acids is 1. The number of nitrogens with zero attached hydrogens (tertiary/aromatic N) is 3. The van der Waals surface area contributed by atoms with E-state index in [0.717, 1.165) is 41.6 Å². The van der Waals surface area contributed by atoms with Crippen molar-refractivity contribution in [2.45, 2.75) is 33.2 Å². The number of rotatable bonds is 2. The number of anilines is 1. The lowest BCUT2D eigenvalue weighted by Crippen LogP contribution is -2.35. The van der Waals surface area contributed by atoms with E-state index in [1.54, 1.807) is 6.07 Å². The summed E-state index contributed by atoms with van der Waals surface area (Å²) in [5.41, 5.74) is 2.76. The molecule has 0 spiro atoms. The Bertz CT molecular complexity index is 808. The predicted octanol–water partition coefficient (Wildman–Crippen LogP) is 2.67. The first kappa shape index (κ1) is 18.9. The molecule has 1 atom stereocenters. The van der Waals surface area contributed by atoms with Crippen LogP contribution in [0.4, 0.5) is 5.82 Å². The van der Waals surface area contributed by atoms with Gasteiger partial charge in [-0.2, -0.15) is 0 Å². The molecule has 4 rings (SSSR count). The zero-order valence-corrected chi connectivity index (χ0v) is 16.0. The van der Waals surface area contributed by atoms with E-state index in [1.807, 2.05) is 13.0 Å². The summed E-state index contributed by atoms with van der Waals surface area (Å²) in [6.07, 6.45) is 3.87. The maximum absolute atomic E-state index is 11.6. The highest BCUT2D eigenvalue weighted by molar-refractivity contribution is 5.98. The standard InChI is InChI=1S/C14H19N3O.C6H7NO2/c1-9-4-3-5-17(8-9)13-10(2)6-11-12(16-13)7-15-14(11)18;1-9-6-3-2-5(8)4-7-6/h6,9H,3-5,7-8H2,1-2H3,(H,15,18);2-4,8H,1H3/t9-;/m1./s1. The molecule has 2 aromatic heterocycles. The number of aromatic nitrogens is 2. The Hall–Kier alpha value is -2.83. The van der Waals surface area contributed by atoms with Gasteiger partial charge < -0.3 is 20.1 Å². The highest BCUT2D eigenvalue weighted by Crippen LogP contribution is 2.27. The number of hydrogen-bond donors (Lipinski definition) is 2. The van der Waals surface area contributed by atoms with Crippen molar-refractivity contribution in [3.63, 3.8) is 0 Å². The largest absolute Gasteiger partial charge is 0.506 e. The number of aryl methyl sites for hydroxylation is 1. The number of pyridine rings is 2. The highest BCUT2D eigenvalue weighted by atomic mass is 16.5. The van der Waals surface area contributed by atoms with Crippen LogP contribution < -0.4 is 15.0 Å². The molecular weight excluding hydrogens is 344 g/mol. The van der Waals surface area contributed by atoms with Gasteiger partial charge in [0.25, 0.3) is 5.91 Å². The summed E-state index contributed by atoms with van der Waals surface area (Å²) in [6, 6.07) is 5.10. The Balaban J connectivity index is 0.000000197. The minimum atomic E-state index is 0.0131. The van der Waals surface area contributed by atoms with Gasteiger partial charge in [0.2, 0.25) is 5.88 Å². The SMILES string of the molecule is COc1ccc(O)cn1.Cc1cc2c(nc1N1CCC[C@@H](C)C1)CNC2=O. The molecule has 2 aliphatic heterocycles. The van der Waals surface area contributed by atoms with Crippen LogP contribution in [0.2, 0.25) is 0 Å². The Kier molecular flexibility index (Phi) is 5.78. The lowest BCUT2D eigenvalue weighted by Gasteiger charge is -2.33. The fourth-order valence-electron chi connectivity index (χ4n) is 3.43. The molecule has 4 heterocycles. The van der Waals surface area contributed by atoms with E-state index in [2.05, 4.69) is 22.1 Å². The molecule has 0 unspecified atom stereocenters. The summed E-state index contributed by atoms with van der Waals surface area (Å²) in [7, 11) is 1.53. The molecule has 2 N–H and O–H groups in total. The van der Waals surface area contributed by atoms with Gasteiger partial charge in [0.1, 0.15) is 11.6 Å². The molecule has 2 aromatic rings. The smallest absolute Gasteiger partial charge is 0.253 e. The lowest BCUT2D eigenvalue weighted by atomic mass is 10.00. The molecule has 0 aromatic carbocycles. The summed E-state index contributed by atoms with van der Waals surface area (Å²) >= 11 is 0. The number of methoxy groups -OCH3 is 1. The molecular formula is C20H26N4O3. The van der Waals surface area contributed by atoms with Gasteiger partial charge in [0.05, 0.1) is 31.1 Å². The van der Waals surface area contributed by atoms with Crippen LogP contribution in [0.25, 0.3) is 0 Å². The zero-order valence-electron chi connectivity index (χ0n) is 16.0. The van der Waals surface area contributed by atoms with Crippen molar-refractivity contribution in [1.29, 1.82) is 0 Å². The molecule has 0 radical (unpaired) electrons. The minimum absolute atomic E-state index is 0.0131. The Morgan fingerprint density at radius 2 is 2.19 bits per heavy atom. The van der Waals surface area contributed by atoms with Gasteiger partial charge in [-0.3, -0.25) is 4.79 Å². The monoisotopic (exact) mass is 370 g/mol. The molecule has 144 valence electrons. The second-order valence-electron chi connectivity index (χ2n) is 7.06. The van der Waals surface area contributed by atoms with Gasteiger partial charge in [-0.15, -0.1) is 0 Å². The number of carbonyl (C=O) groups is 1. The fraction of sp³-hybridized carbons (Fsp3) is 0.450. The third-order valence-corrected chi connectivity index (χ3v) is 4.81. The number of hydrogen-bond acceptors (Lipinski definition) is 6. The van der Waals surface area contributed by atoms with Crippen LogP contribution in [0.1, 0.15) is 41.4 Å². The molecule has 1 fully saturated rings. The number of aromatic hydroxyl groups is 1. The molecule has 7 nitrogen and oxygen atoms in total. The Morgan fingerprint density at radius 1 is 1.37 bits per heavy atom. The first-order valence-electron chi connectivity index (χ1n) is 9.20. The van der Waals surface area contributed by atoms with Crippen LogP contribution in [0.3, 0.4) is 0 Å². The maximum Gasteiger partial charge on any atom is 0.253 e. The quantitative estimate of drug-likeness (QED) is 0.845. The van der Waals surface area contributed by atoms with Crippen LogP contribution in [-0.4, -0.2) is 41.2 Å². The maximum atomic E-state index is 11.6. The molecule has 1 saturated heterocycles. The molecule has 27 heavy (non-hydrogen) atoms. The van der Waals surface area contributed by atoms with Crippen molar-refractivity contribution in [3.05, 3.63) is 41.2 Å². The van der Waals surface area contributed by atoms with Crippen LogP contribution in [0.15, 0.2) is 24.4 Å².